The molecule has 4 N–H and O–H groups in total. The monoisotopic (exact) mass is 281 g/mol. The van der Waals surface area contributed by atoms with Gasteiger partial charge in [-0.15, -0.1) is 0 Å². The largest absolute Gasteiger partial charge is 0.492 e. The molecular weight excluding hydrogens is 266 g/mol. The summed E-state index contributed by atoms with van der Waals surface area (Å²) < 4.78 is 12.6. The van der Waals surface area contributed by atoms with Crippen molar-refractivity contribution in [1.82, 2.24) is 0 Å². The summed E-state index contributed by atoms with van der Waals surface area (Å²) in [5, 5.41) is 9.07. The standard InChI is InChI=1S/C12H15N3O3S/c1-12(2,11(16)17)6-18-8-5-3-4-7-9(8)10(13)15-19-14-7/h3-5,14H,6H2,1-2H3,(H2,13,15)(H,16,17). The van der Waals surface area contributed by atoms with Gasteiger partial charge in [-0.2, -0.15) is 4.40 Å². The number of nitrogens with zero attached hydrogens (tertiary/aromatic N) is 1. The lowest BCUT2D eigenvalue weighted by Crippen LogP contribution is -2.31. The summed E-state index contributed by atoms with van der Waals surface area (Å²) in [5.41, 5.74) is 6.35. The highest BCUT2D eigenvalue weighted by Gasteiger charge is 2.29. The highest BCUT2D eigenvalue weighted by atomic mass is 32.2. The van der Waals surface area contributed by atoms with E-state index >= 15 is 0 Å². The third kappa shape index (κ3) is 2.76. The number of carbonyl (C=O) groups is 1. The summed E-state index contributed by atoms with van der Waals surface area (Å²) in [6.45, 7) is 3.27. The molecule has 0 fully saturated rings. The third-order valence-electron chi connectivity index (χ3n) is 2.75. The van der Waals surface area contributed by atoms with Crippen LogP contribution in [-0.4, -0.2) is 23.5 Å². The molecule has 0 aliphatic carbocycles. The van der Waals surface area contributed by atoms with E-state index in [2.05, 4.69) is 9.12 Å². The zero-order chi connectivity index (χ0) is 14.0. The second-order valence-electron chi connectivity index (χ2n) is 4.83. The number of hydrogen-bond acceptors (Lipinski definition) is 6. The summed E-state index contributed by atoms with van der Waals surface area (Å²) in [5.74, 6) is -0.0176. The van der Waals surface area contributed by atoms with Crippen molar-refractivity contribution in [1.29, 1.82) is 0 Å². The minimum absolute atomic E-state index is 0.0548. The second kappa shape index (κ2) is 5.00. The fourth-order valence-electron chi connectivity index (χ4n) is 1.49. The number of carboxylic acids is 1. The fraction of sp³-hybridized carbons (Fsp3) is 0.333. The van der Waals surface area contributed by atoms with Gasteiger partial charge in [0.2, 0.25) is 0 Å². The van der Waals surface area contributed by atoms with Crippen LogP contribution in [-0.2, 0) is 4.79 Å². The van der Waals surface area contributed by atoms with E-state index in [1.54, 1.807) is 19.9 Å². The Bertz CT molecular complexity index is 543. The molecule has 0 saturated carbocycles. The molecule has 1 heterocycles. The molecule has 7 heteroatoms. The van der Waals surface area contributed by atoms with Gasteiger partial charge in [0.15, 0.2) is 0 Å². The molecular formula is C12H15N3O3S. The number of ether oxygens (including phenoxy) is 1. The van der Waals surface area contributed by atoms with Crippen molar-refractivity contribution >= 4 is 29.6 Å². The van der Waals surface area contributed by atoms with Crippen LogP contribution in [0, 0.1) is 5.41 Å². The van der Waals surface area contributed by atoms with Gasteiger partial charge in [-0.3, -0.25) is 4.79 Å². The number of nitrogens with one attached hydrogen (secondary N) is 1. The molecule has 1 aromatic rings. The lowest BCUT2D eigenvalue weighted by molar-refractivity contribution is -0.148. The second-order valence-corrected chi connectivity index (χ2v) is 5.40. The molecule has 1 aliphatic rings. The molecule has 1 aliphatic heterocycles. The van der Waals surface area contributed by atoms with Crippen LogP contribution < -0.4 is 15.2 Å². The van der Waals surface area contributed by atoms with Crippen LogP contribution >= 0.6 is 12.1 Å². The summed E-state index contributed by atoms with van der Waals surface area (Å²) in [7, 11) is 0. The highest BCUT2D eigenvalue weighted by molar-refractivity contribution is 7.99. The molecule has 0 amide bonds. The van der Waals surface area contributed by atoms with Gasteiger partial charge in [0.05, 0.1) is 28.8 Å². The zero-order valence-electron chi connectivity index (χ0n) is 10.6. The number of fused-ring (bicyclic) bond motifs is 1. The average Bonchev–Trinajstić information content (AvgIpc) is 2.36. The van der Waals surface area contributed by atoms with E-state index in [9.17, 15) is 4.79 Å². The van der Waals surface area contributed by atoms with Crippen LogP contribution in [0.3, 0.4) is 0 Å². The number of hydrogen-bond donors (Lipinski definition) is 3. The quantitative estimate of drug-likeness (QED) is 0.729. The number of rotatable bonds is 4. The Morgan fingerprint density at radius 2 is 2.32 bits per heavy atom. The topological polar surface area (TPSA) is 96.9 Å². The van der Waals surface area contributed by atoms with Crippen LogP contribution in [0.25, 0.3) is 0 Å². The van der Waals surface area contributed by atoms with Crippen molar-refractivity contribution in [3.05, 3.63) is 23.8 Å². The maximum Gasteiger partial charge on any atom is 0.312 e. The van der Waals surface area contributed by atoms with E-state index in [1.807, 2.05) is 12.1 Å². The first kappa shape index (κ1) is 13.5. The van der Waals surface area contributed by atoms with Crippen LogP contribution in [0.2, 0.25) is 0 Å². The first-order chi connectivity index (χ1) is 8.92. The van der Waals surface area contributed by atoms with Crippen molar-refractivity contribution in [3.8, 4) is 5.75 Å². The van der Waals surface area contributed by atoms with Crippen LogP contribution in [0.5, 0.6) is 5.75 Å². The lowest BCUT2D eigenvalue weighted by atomic mass is 9.95. The van der Waals surface area contributed by atoms with E-state index in [-0.39, 0.29) is 6.61 Å². The molecule has 102 valence electrons. The van der Waals surface area contributed by atoms with Crippen LogP contribution in [0.1, 0.15) is 19.4 Å². The fourth-order valence-corrected chi connectivity index (χ4v) is 1.99. The molecule has 6 nitrogen and oxygen atoms in total. The van der Waals surface area contributed by atoms with Gasteiger partial charge in [-0.1, -0.05) is 6.07 Å². The van der Waals surface area contributed by atoms with Gasteiger partial charge in [-0.05, 0) is 26.0 Å². The Hall–Kier alpha value is -1.89. The maximum atomic E-state index is 11.1. The van der Waals surface area contributed by atoms with Crippen molar-refractivity contribution in [2.75, 3.05) is 11.3 Å². The van der Waals surface area contributed by atoms with Crippen molar-refractivity contribution < 1.29 is 14.6 Å². The Morgan fingerprint density at radius 1 is 1.58 bits per heavy atom. The van der Waals surface area contributed by atoms with E-state index in [0.29, 0.717) is 17.1 Å². The molecule has 0 bridgehead atoms. The number of amidine groups is 1. The Morgan fingerprint density at radius 3 is 3.00 bits per heavy atom. The zero-order valence-corrected chi connectivity index (χ0v) is 11.5. The van der Waals surface area contributed by atoms with Crippen LogP contribution in [0.15, 0.2) is 22.6 Å². The Labute approximate surface area is 115 Å². The van der Waals surface area contributed by atoms with Gasteiger partial charge >= 0.3 is 5.97 Å². The van der Waals surface area contributed by atoms with E-state index in [1.165, 1.54) is 0 Å². The van der Waals surface area contributed by atoms with Gasteiger partial charge < -0.3 is 20.3 Å². The molecule has 0 spiro atoms. The number of aliphatic carboxylic acids is 1. The van der Waals surface area contributed by atoms with Gasteiger partial charge in [0.1, 0.15) is 18.2 Å². The first-order valence-electron chi connectivity index (χ1n) is 5.67. The summed E-state index contributed by atoms with van der Waals surface area (Å²) in [6, 6.07) is 5.42. The summed E-state index contributed by atoms with van der Waals surface area (Å²) in [6.07, 6.45) is 0. The normalized spacial score (nSPS) is 14.1. The van der Waals surface area contributed by atoms with Gasteiger partial charge in [-0.25, -0.2) is 0 Å². The minimum atomic E-state index is -0.967. The maximum absolute atomic E-state index is 11.1. The third-order valence-corrected chi connectivity index (χ3v) is 3.35. The molecule has 19 heavy (non-hydrogen) atoms. The summed E-state index contributed by atoms with van der Waals surface area (Å²) >= 11 is 1.15. The Balaban J connectivity index is 2.24. The van der Waals surface area contributed by atoms with Crippen molar-refractivity contribution in [3.63, 3.8) is 0 Å². The van der Waals surface area contributed by atoms with Crippen LogP contribution in [0.4, 0.5) is 5.69 Å². The molecule has 0 aromatic heterocycles. The molecule has 0 atom stereocenters. The average molecular weight is 281 g/mol. The molecule has 2 rings (SSSR count). The molecule has 0 radical (unpaired) electrons. The first-order valence-corrected chi connectivity index (χ1v) is 6.44. The van der Waals surface area contributed by atoms with Crippen molar-refractivity contribution in [2.45, 2.75) is 13.8 Å². The molecule has 0 saturated heterocycles. The number of nitrogens with two attached hydrogens (primary N) is 1. The van der Waals surface area contributed by atoms with E-state index < -0.39 is 11.4 Å². The van der Waals surface area contributed by atoms with E-state index in [0.717, 1.165) is 17.8 Å². The van der Waals surface area contributed by atoms with E-state index in [4.69, 9.17) is 15.6 Å². The highest BCUT2D eigenvalue weighted by Crippen LogP contribution is 2.33. The Kier molecular flexibility index (Phi) is 3.57. The van der Waals surface area contributed by atoms with Gasteiger partial charge in [0.25, 0.3) is 0 Å². The minimum Gasteiger partial charge on any atom is -0.492 e. The molecule has 0 unspecified atom stereocenters. The predicted octanol–water partition coefficient (Wildman–Crippen LogP) is 1.87. The smallest absolute Gasteiger partial charge is 0.312 e. The number of benzene rings is 1. The number of anilines is 1. The SMILES string of the molecule is CC(C)(COc1cccc2c1C(N)=NSN2)C(=O)O. The molecule has 1 aromatic carbocycles. The predicted molar refractivity (Wildman–Crippen MR) is 75.3 cm³/mol. The lowest BCUT2D eigenvalue weighted by Gasteiger charge is -2.22. The summed E-state index contributed by atoms with van der Waals surface area (Å²) in [4.78, 5) is 11.1. The number of carboxylic acid groups (broad SMARTS) is 1. The van der Waals surface area contributed by atoms with Crippen molar-refractivity contribution in [2.24, 2.45) is 15.5 Å². The van der Waals surface area contributed by atoms with Gasteiger partial charge in [0, 0.05) is 0 Å².